The molecule has 1 unspecified atom stereocenters. The molecule has 0 fully saturated rings. The number of nitrogens with one attached hydrogen (secondary N) is 2. The molecule has 0 bridgehead atoms. The van der Waals surface area contributed by atoms with Gasteiger partial charge in [-0.25, -0.2) is 4.99 Å². The molecule has 3 N–H and O–H groups in total. The molecule has 6 heteroatoms. The van der Waals surface area contributed by atoms with Crippen molar-refractivity contribution in [2.45, 2.75) is 40.2 Å². The molecule has 27 heavy (non-hydrogen) atoms. The van der Waals surface area contributed by atoms with Gasteiger partial charge in [0.15, 0.2) is 5.96 Å². The van der Waals surface area contributed by atoms with Crippen LogP contribution in [0.3, 0.4) is 0 Å². The number of aliphatic imine (C=N–C) groups is 1. The lowest BCUT2D eigenvalue weighted by Crippen LogP contribution is -2.40. The molecule has 0 saturated carbocycles. The van der Waals surface area contributed by atoms with Crippen LogP contribution in [-0.4, -0.2) is 51.1 Å². The van der Waals surface area contributed by atoms with Crippen LogP contribution in [0.15, 0.2) is 29.3 Å². The minimum Gasteiger partial charge on any atom is -0.491 e. The lowest BCUT2D eigenvalue weighted by Gasteiger charge is -2.20. The maximum atomic E-state index is 9.27. The van der Waals surface area contributed by atoms with Crippen molar-refractivity contribution >= 4 is 5.96 Å². The van der Waals surface area contributed by atoms with Crippen molar-refractivity contribution in [2.24, 2.45) is 16.8 Å². The number of aliphatic hydroxyl groups excluding tert-OH is 1. The van der Waals surface area contributed by atoms with E-state index in [4.69, 9.17) is 9.47 Å². The van der Waals surface area contributed by atoms with E-state index < -0.39 is 0 Å². The molecule has 6 nitrogen and oxygen atoms in total. The Morgan fingerprint density at radius 3 is 2.48 bits per heavy atom. The summed E-state index contributed by atoms with van der Waals surface area (Å²) in [6.45, 7) is 10.1. The van der Waals surface area contributed by atoms with E-state index in [0.717, 1.165) is 43.2 Å². The number of hydrogen-bond acceptors (Lipinski definition) is 4. The van der Waals surface area contributed by atoms with Crippen LogP contribution in [0.5, 0.6) is 5.75 Å². The molecule has 0 radical (unpaired) electrons. The summed E-state index contributed by atoms with van der Waals surface area (Å²) in [5.74, 6) is 2.71. The van der Waals surface area contributed by atoms with Crippen LogP contribution in [0.25, 0.3) is 0 Å². The number of benzene rings is 1. The molecule has 1 rings (SSSR count). The highest BCUT2D eigenvalue weighted by molar-refractivity contribution is 5.79. The van der Waals surface area contributed by atoms with E-state index in [1.807, 2.05) is 24.3 Å². The topological polar surface area (TPSA) is 75.1 Å². The van der Waals surface area contributed by atoms with Gasteiger partial charge in [0, 0.05) is 26.8 Å². The van der Waals surface area contributed by atoms with Crippen molar-refractivity contribution in [1.29, 1.82) is 0 Å². The Kier molecular flexibility index (Phi) is 12.3. The summed E-state index contributed by atoms with van der Waals surface area (Å²) in [6, 6.07) is 7.98. The molecule has 0 saturated heterocycles. The zero-order valence-electron chi connectivity index (χ0n) is 17.3. The lowest BCUT2D eigenvalue weighted by molar-refractivity contribution is 0.146. The van der Waals surface area contributed by atoms with E-state index in [1.165, 1.54) is 0 Å². The summed E-state index contributed by atoms with van der Waals surface area (Å²) in [5.41, 5.74) is 1.13. The van der Waals surface area contributed by atoms with E-state index in [0.29, 0.717) is 31.6 Å². The summed E-state index contributed by atoms with van der Waals surface area (Å²) >= 11 is 0. The third-order valence-electron chi connectivity index (χ3n) is 4.14. The number of hydrogen-bond donors (Lipinski definition) is 3. The van der Waals surface area contributed by atoms with E-state index in [-0.39, 0.29) is 6.61 Å². The minimum atomic E-state index is 0.228. The van der Waals surface area contributed by atoms with Crippen molar-refractivity contribution in [3.05, 3.63) is 29.8 Å². The Morgan fingerprint density at radius 1 is 1.15 bits per heavy atom. The average Bonchev–Trinajstić information content (AvgIpc) is 2.65. The molecule has 0 aliphatic carbocycles. The van der Waals surface area contributed by atoms with Crippen LogP contribution in [-0.2, 0) is 11.3 Å². The average molecular weight is 380 g/mol. The minimum absolute atomic E-state index is 0.228. The number of aliphatic hydroxyl groups is 1. The summed E-state index contributed by atoms with van der Waals surface area (Å²) in [5, 5.41) is 16.0. The zero-order chi connectivity index (χ0) is 19.9. The third-order valence-corrected chi connectivity index (χ3v) is 4.14. The van der Waals surface area contributed by atoms with Crippen molar-refractivity contribution in [2.75, 3.05) is 40.0 Å². The first kappa shape index (κ1) is 23.2. The van der Waals surface area contributed by atoms with Gasteiger partial charge in [0.2, 0.25) is 0 Å². The number of nitrogens with zero attached hydrogens (tertiary/aromatic N) is 1. The first-order valence-electron chi connectivity index (χ1n) is 9.92. The van der Waals surface area contributed by atoms with Gasteiger partial charge in [-0.3, -0.25) is 0 Å². The number of ether oxygens (including phenoxy) is 2. The Balaban J connectivity index is 2.56. The maximum absolute atomic E-state index is 9.27. The molecule has 0 heterocycles. The summed E-state index contributed by atoms with van der Waals surface area (Å²) in [6.07, 6.45) is 1.91. The van der Waals surface area contributed by atoms with Gasteiger partial charge in [-0.05, 0) is 49.3 Å². The van der Waals surface area contributed by atoms with E-state index in [9.17, 15) is 5.11 Å². The number of guanidine groups is 1. The van der Waals surface area contributed by atoms with E-state index in [1.54, 1.807) is 7.11 Å². The molecule has 0 aromatic heterocycles. The van der Waals surface area contributed by atoms with Gasteiger partial charge in [-0.2, -0.15) is 0 Å². The summed E-state index contributed by atoms with van der Waals surface area (Å²) < 4.78 is 10.6. The molecule has 0 spiro atoms. The van der Waals surface area contributed by atoms with Crippen LogP contribution >= 0.6 is 0 Å². The summed E-state index contributed by atoms with van der Waals surface area (Å²) in [4.78, 5) is 4.67. The second-order valence-electron chi connectivity index (χ2n) is 7.07. The van der Waals surface area contributed by atoms with Crippen LogP contribution < -0.4 is 15.4 Å². The van der Waals surface area contributed by atoms with Gasteiger partial charge >= 0.3 is 0 Å². The molecular weight excluding hydrogens is 342 g/mol. The number of methoxy groups -OCH3 is 1. The van der Waals surface area contributed by atoms with Crippen LogP contribution in [0.2, 0.25) is 0 Å². The fraction of sp³-hybridized carbons (Fsp3) is 0.667. The maximum Gasteiger partial charge on any atom is 0.191 e. The highest BCUT2D eigenvalue weighted by Gasteiger charge is 2.11. The standard InChI is InChI=1S/C21H37N3O3/c1-5-22-21(24-16-19(10-11-25)14-17(2)3)23-15-18-6-8-20(9-7-18)27-13-12-26-4/h6-9,17,19,25H,5,10-16H2,1-4H3,(H2,22,23,24). The second-order valence-corrected chi connectivity index (χ2v) is 7.07. The molecule has 1 aromatic carbocycles. The van der Waals surface area contributed by atoms with Gasteiger partial charge in [0.1, 0.15) is 12.4 Å². The lowest BCUT2D eigenvalue weighted by atomic mass is 9.94. The molecule has 0 aliphatic rings. The Labute approximate surface area is 164 Å². The fourth-order valence-electron chi connectivity index (χ4n) is 2.84. The fourth-order valence-corrected chi connectivity index (χ4v) is 2.84. The molecular formula is C21H37N3O3. The second kappa shape index (κ2) is 14.3. The van der Waals surface area contributed by atoms with Crippen LogP contribution in [0.1, 0.15) is 39.2 Å². The SMILES string of the molecule is CCNC(=NCc1ccc(OCCOC)cc1)NCC(CCO)CC(C)C. The molecule has 1 aromatic rings. The van der Waals surface area contributed by atoms with E-state index >= 15 is 0 Å². The Hall–Kier alpha value is -1.79. The monoisotopic (exact) mass is 379 g/mol. The first-order chi connectivity index (χ1) is 13.1. The van der Waals surface area contributed by atoms with Crippen molar-refractivity contribution < 1.29 is 14.6 Å². The van der Waals surface area contributed by atoms with Gasteiger partial charge in [0.05, 0.1) is 13.2 Å². The van der Waals surface area contributed by atoms with Crippen LogP contribution in [0.4, 0.5) is 0 Å². The predicted molar refractivity (Wildman–Crippen MR) is 111 cm³/mol. The zero-order valence-corrected chi connectivity index (χ0v) is 17.3. The molecule has 0 aliphatic heterocycles. The molecule has 0 amide bonds. The van der Waals surface area contributed by atoms with Crippen molar-refractivity contribution in [3.8, 4) is 5.75 Å². The van der Waals surface area contributed by atoms with Crippen molar-refractivity contribution in [3.63, 3.8) is 0 Å². The third kappa shape index (κ3) is 10.8. The van der Waals surface area contributed by atoms with Crippen LogP contribution in [0, 0.1) is 11.8 Å². The molecule has 1 atom stereocenters. The van der Waals surface area contributed by atoms with E-state index in [2.05, 4.69) is 36.4 Å². The highest BCUT2D eigenvalue weighted by atomic mass is 16.5. The largest absolute Gasteiger partial charge is 0.491 e. The van der Waals surface area contributed by atoms with Gasteiger partial charge < -0.3 is 25.2 Å². The highest BCUT2D eigenvalue weighted by Crippen LogP contribution is 2.15. The van der Waals surface area contributed by atoms with Gasteiger partial charge in [-0.15, -0.1) is 0 Å². The normalized spacial score (nSPS) is 12.9. The van der Waals surface area contributed by atoms with Gasteiger partial charge in [0.25, 0.3) is 0 Å². The smallest absolute Gasteiger partial charge is 0.191 e. The number of rotatable bonds is 13. The summed E-state index contributed by atoms with van der Waals surface area (Å²) in [7, 11) is 1.66. The Bertz CT molecular complexity index is 518. The van der Waals surface area contributed by atoms with Crippen molar-refractivity contribution in [1.82, 2.24) is 10.6 Å². The molecule has 154 valence electrons. The predicted octanol–water partition coefficient (Wildman–Crippen LogP) is 2.81. The Morgan fingerprint density at radius 2 is 1.89 bits per heavy atom. The quantitative estimate of drug-likeness (QED) is 0.279. The first-order valence-corrected chi connectivity index (χ1v) is 9.92. The van der Waals surface area contributed by atoms with Gasteiger partial charge in [-0.1, -0.05) is 26.0 Å².